The minimum atomic E-state index is -4.47. The van der Waals surface area contributed by atoms with Gasteiger partial charge in [-0.05, 0) is 17.7 Å². The highest BCUT2D eigenvalue weighted by Gasteiger charge is 2.34. The molecule has 0 aliphatic heterocycles. The Hall–Kier alpha value is -1.75. The Balaban J connectivity index is 2.73. The number of nitrogens with zero attached hydrogens (tertiary/aromatic N) is 1. The van der Waals surface area contributed by atoms with Crippen LogP contribution in [-0.4, -0.2) is 4.98 Å². The molecule has 0 unspecified atom stereocenters. The van der Waals surface area contributed by atoms with Crippen LogP contribution in [0.4, 0.5) is 18.9 Å². The van der Waals surface area contributed by atoms with Gasteiger partial charge in [-0.15, -0.1) is 0 Å². The topological polar surface area (TPSA) is 38.9 Å². The largest absolute Gasteiger partial charge is 0.417 e. The van der Waals surface area contributed by atoms with Crippen molar-refractivity contribution in [3.8, 4) is 11.1 Å². The number of benzene rings is 1. The summed E-state index contributed by atoms with van der Waals surface area (Å²) in [5.74, 6) is 0. The maximum Gasteiger partial charge on any atom is 0.417 e. The maximum absolute atomic E-state index is 12.9. The Morgan fingerprint density at radius 3 is 2.39 bits per heavy atom. The number of hydrogen-bond acceptors (Lipinski definition) is 2. The van der Waals surface area contributed by atoms with E-state index < -0.39 is 11.7 Å². The molecule has 2 rings (SSSR count). The molecule has 0 saturated carbocycles. The van der Waals surface area contributed by atoms with Crippen molar-refractivity contribution in [3.63, 3.8) is 0 Å². The molecule has 0 fully saturated rings. The van der Waals surface area contributed by atoms with Gasteiger partial charge in [-0.25, -0.2) is 4.98 Å². The fourth-order valence-corrected chi connectivity index (χ4v) is 1.93. The van der Waals surface area contributed by atoms with Crippen LogP contribution < -0.4 is 5.73 Å². The van der Waals surface area contributed by atoms with E-state index in [0.717, 1.165) is 6.07 Å². The van der Waals surface area contributed by atoms with Crippen LogP contribution in [0.25, 0.3) is 11.1 Å². The molecule has 6 heteroatoms. The number of alkyl halides is 3. The molecule has 0 atom stereocenters. The third-order valence-corrected chi connectivity index (χ3v) is 2.73. The summed E-state index contributed by atoms with van der Waals surface area (Å²) >= 11 is 5.83. The standard InChI is InChI=1S/C12H8ClF3N2/c13-11-10(9(17)5-6-18-11)7-3-1-2-4-8(7)12(14,15)16/h1-6H,(H2,17,18). The quantitative estimate of drug-likeness (QED) is 0.797. The average molecular weight is 273 g/mol. The number of halogens is 4. The zero-order valence-electron chi connectivity index (χ0n) is 9.00. The van der Waals surface area contributed by atoms with E-state index in [1.54, 1.807) is 0 Å². The lowest BCUT2D eigenvalue weighted by atomic mass is 9.99. The molecule has 1 heterocycles. The molecular formula is C12H8ClF3N2. The van der Waals surface area contributed by atoms with Crippen molar-refractivity contribution in [2.45, 2.75) is 6.18 Å². The first kappa shape index (κ1) is 12.7. The van der Waals surface area contributed by atoms with Crippen molar-refractivity contribution in [3.05, 3.63) is 47.2 Å². The van der Waals surface area contributed by atoms with Crippen LogP contribution in [0.5, 0.6) is 0 Å². The molecule has 0 radical (unpaired) electrons. The summed E-state index contributed by atoms with van der Waals surface area (Å²) in [7, 11) is 0. The lowest BCUT2D eigenvalue weighted by Crippen LogP contribution is -2.08. The van der Waals surface area contributed by atoms with Crippen molar-refractivity contribution in [2.75, 3.05) is 5.73 Å². The van der Waals surface area contributed by atoms with Crippen LogP contribution in [0.3, 0.4) is 0 Å². The van der Waals surface area contributed by atoms with Crippen LogP contribution in [0.2, 0.25) is 5.15 Å². The molecular weight excluding hydrogens is 265 g/mol. The van der Waals surface area contributed by atoms with Gasteiger partial charge in [0.2, 0.25) is 0 Å². The Kier molecular flexibility index (Phi) is 3.17. The molecule has 0 spiro atoms. The molecule has 1 aromatic carbocycles. The Morgan fingerprint density at radius 2 is 1.78 bits per heavy atom. The summed E-state index contributed by atoms with van der Waals surface area (Å²) in [5, 5.41) is -0.0494. The summed E-state index contributed by atoms with van der Waals surface area (Å²) in [6.45, 7) is 0. The Labute approximate surface area is 106 Å². The van der Waals surface area contributed by atoms with Gasteiger partial charge >= 0.3 is 6.18 Å². The van der Waals surface area contributed by atoms with Crippen molar-refractivity contribution >= 4 is 17.3 Å². The van der Waals surface area contributed by atoms with E-state index >= 15 is 0 Å². The van der Waals surface area contributed by atoms with Crippen molar-refractivity contribution in [1.82, 2.24) is 4.98 Å². The predicted octanol–water partition coefficient (Wildman–Crippen LogP) is 4.00. The first-order valence-corrected chi connectivity index (χ1v) is 5.35. The minimum Gasteiger partial charge on any atom is -0.398 e. The highest BCUT2D eigenvalue weighted by Crippen LogP contribution is 2.40. The van der Waals surface area contributed by atoms with Gasteiger partial charge in [-0.3, -0.25) is 0 Å². The second kappa shape index (κ2) is 4.49. The first-order valence-electron chi connectivity index (χ1n) is 4.98. The number of nitrogens with two attached hydrogens (primary N) is 1. The van der Waals surface area contributed by atoms with Crippen molar-refractivity contribution < 1.29 is 13.2 Å². The second-order valence-electron chi connectivity index (χ2n) is 3.61. The van der Waals surface area contributed by atoms with E-state index in [0.29, 0.717) is 0 Å². The van der Waals surface area contributed by atoms with Gasteiger partial charge in [0.1, 0.15) is 5.15 Å². The first-order chi connectivity index (χ1) is 8.41. The molecule has 0 aliphatic carbocycles. The van der Waals surface area contributed by atoms with Gasteiger partial charge in [0.15, 0.2) is 0 Å². The van der Waals surface area contributed by atoms with E-state index in [-0.39, 0.29) is 22.0 Å². The highest BCUT2D eigenvalue weighted by atomic mass is 35.5. The van der Waals surface area contributed by atoms with Crippen molar-refractivity contribution in [2.24, 2.45) is 0 Å². The van der Waals surface area contributed by atoms with Crippen molar-refractivity contribution in [1.29, 1.82) is 0 Å². The average Bonchev–Trinajstić information content (AvgIpc) is 2.28. The summed E-state index contributed by atoms with van der Waals surface area (Å²) < 4.78 is 38.7. The van der Waals surface area contributed by atoms with E-state index in [9.17, 15) is 13.2 Å². The molecule has 18 heavy (non-hydrogen) atoms. The minimum absolute atomic E-state index is 0.0494. The van der Waals surface area contributed by atoms with Crippen LogP contribution in [0.15, 0.2) is 36.5 Å². The number of pyridine rings is 1. The van der Waals surface area contributed by atoms with Gasteiger partial charge in [0.25, 0.3) is 0 Å². The molecule has 2 nitrogen and oxygen atoms in total. The van der Waals surface area contributed by atoms with E-state index in [1.807, 2.05) is 0 Å². The summed E-state index contributed by atoms with van der Waals surface area (Å²) in [6, 6.07) is 6.52. The summed E-state index contributed by atoms with van der Waals surface area (Å²) in [5.41, 5.74) is 5.08. The molecule has 0 saturated heterocycles. The normalized spacial score (nSPS) is 11.6. The molecule has 0 bridgehead atoms. The lowest BCUT2D eigenvalue weighted by Gasteiger charge is -2.14. The highest BCUT2D eigenvalue weighted by molar-refractivity contribution is 6.32. The molecule has 0 amide bonds. The van der Waals surface area contributed by atoms with Crippen LogP contribution >= 0.6 is 11.6 Å². The number of hydrogen-bond donors (Lipinski definition) is 1. The third-order valence-electron chi connectivity index (χ3n) is 2.44. The molecule has 2 N–H and O–H groups in total. The number of anilines is 1. The van der Waals surface area contributed by atoms with Gasteiger partial charge in [-0.2, -0.15) is 13.2 Å². The van der Waals surface area contributed by atoms with Gasteiger partial charge in [0.05, 0.1) is 5.56 Å². The van der Waals surface area contributed by atoms with Gasteiger partial charge < -0.3 is 5.73 Å². The fourth-order valence-electron chi connectivity index (χ4n) is 1.66. The zero-order valence-corrected chi connectivity index (χ0v) is 9.76. The fraction of sp³-hybridized carbons (Fsp3) is 0.0833. The molecule has 94 valence electrons. The van der Waals surface area contributed by atoms with Gasteiger partial charge in [-0.1, -0.05) is 29.8 Å². The summed E-state index contributed by atoms with van der Waals surface area (Å²) in [6.07, 6.45) is -3.13. The number of nitrogen functional groups attached to an aromatic ring is 1. The van der Waals surface area contributed by atoms with Crippen LogP contribution in [0.1, 0.15) is 5.56 Å². The second-order valence-corrected chi connectivity index (χ2v) is 3.97. The summed E-state index contributed by atoms with van der Waals surface area (Å²) in [4.78, 5) is 3.76. The van der Waals surface area contributed by atoms with E-state index in [2.05, 4.69) is 4.98 Å². The number of rotatable bonds is 1. The number of aromatic nitrogens is 1. The Morgan fingerprint density at radius 1 is 1.11 bits per heavy atom. The smallest absolute Gasteiger partial charge is 0.398 e. The SMILES string of the molecule is Nc1ccnc(Cl)c1-c1ccccc1C(F)(F)F. The Bertz CT molecular complexity index is 562. The molecule has 0 aliphatic rings. The van der Waals surface area contributed by atoms with E-state index in [1.165, 1.54) is 30.5 Å². The van der Waals surface area contributed by atoms with E-state index in [4.69, 9.17) is 17.3 Å². The zero-order chi connectivity index (χ0) is 13.3. The third kappa shape index (κ3) is 2.26. The maximum atomic E-state index is 12.9. The predicted molar refractivity (Wildman–Crippen MR) is 64.1 cm³/mol. The monoisotopic (exact) mass is 272 g/mol. The van der Waals surface area contributed by atoms with Crippen LogP contribution in [-0.2, 0) is 6.18 Å². The molecule has 1 aromatic heterocycles. The van der Waals surface area contributed by atoms with Crippen LogP contribution in [0, 0.1) is 0 Å². The molecule has 2 aromatic rings. The van der Waals surface area contributed by atoms with Gasteiger partial charge in [0, 0.05) is 17.4 Å². The lowest BCUT2D eigenvalue weighted by molar-refractivity contribution is -0.137.